The quantitative estimate of drug-likeness (QED) is 0.814. The molecular weight excluding hydrogens is 298 g/mol. The molecule has 2 aromatic rings. The van der Waals surface area contributed by atoms with E-state index in [1.54, 1.807) is 36.0 Å². The molecule has 114 valence electrons. The Morgan fingerprint density at radius 2 is 2.23 bits per heavy atom. The number of hydrogen-bond donors (Lipinski definition) is 0. The molecule has 1 amide bonds. The molecule has 6 heteroatoms. The normalized spacial score (nSPS) is 16.1. The van der Waals surface area contributed by atoms with Crippen molar-refractivity contribution in [2.24, 2.45) is 0 Å². The monoisotopic (exact) mass is 315 g/mol. The number of rotatable bonds is 4. The fourth-order valence-electron chi connectivity index (χ4n) is 2.36. The minimum Gasteiger partial charge on any atom is -0.473 e. The fourth-order valence-corrected chi connectivity index (χ4v) is 2.97. The van der Waals surface area contributed by atoms with Gasteiger partial charge in [0.1, 0.15) is 6.10 Å². The molecule has 0 aliphatic carbocycles. The number of likely N-dealkylation sites (tertiary alicyclic amines) is 1. The van der Waals surface area contributed by atoms with Crippen molar-refractivity contribution in [3.8, 4) is 5.88 Å². The van der Waals surface area contributed by atoms with Crippen molar-refractivity contribution in [3.05, 3.63) is 47.1 Å². The van der Waals surface area contributed by atoms with Gasteiger partial charge >= 0.3 is 0 Å². The molecule has 1 saturated heterocycles. The zero-order chi connectivity index (χ0) is 15.2. The van der Waals surface area contributed by atoms with E-state index in [9.17, 15) is 4.79 Å². The summed E-state index contributed by atoms with van der Waals surface area (Å²) >= 11 is 1.62. The van der Waals surface area contributed by atoms with Gasteiger partial charge < -0.3 is 9.64 Å². The SMILES string of the molecule is O=C(C=Cc1cccs1)N1CCC(Oc2cnccn2)CC1. The molecular formula is C16H17N3O2S. The maximum absolute atomic E-state index is 12.1. The van der Waals surface area contributed by atoms with E-state index in [1.165, 1.54) is 0 Å². The average Bonchev–Trinajstić information content (AvgIpc) is 3.08. The number of amides is 1. The fraction of sp³-hybridized carbons (Fsp3) is 0.312. The van der Waals surface area contributed by atoms with Crippen LogP contribution in [0, 0.1) is 0 Å². The predicted molar refractivity (Wildman–Crippen MR) is 85.6 cm³/mol. The number of carbonyl (C=O) groups is 1. The smallest absolute Gasteiger partial charge is 0.246 e. The van der Waals surface area contributed by atoms with Crippen molar-refractivity contribution in [1.29, 1.82) is 0 Å². The van der Waals surface area contributed by atoms with Crippen LogP contribution in [0.5, 0.6) is 5.88 Å². The Morgan fingerprint density at radius 3 is 2.91 bits per heavy atom. The number of aromatic nitrogens is 2. The third-order valence-corrected chi connectivity index (χ3v) is 4.35. The lowest BCUT2D eigenvalue weighted by molar-refractivity contribution is -0.127. The Bertz CT molecular complexity index is 620. The van der Waals surface area contributed by atoms with Gasteiger partial charge in [-0.15, -0.1) is 11.3 Å². The van der Waals surface area contributed by atoms with E-state index in [1.807, 2.05) is 28.5 Å². The van der Waals surface area contributed by atoms with E-state index in [0.29, 0.717) is 19.0 Å². The number of thiophene rings is 1. The molecule has 0 radical (unpaired) electrons. The molecule has 5 nitrogen and oxygen atoms in total. The molecule has 0 spiro atoms. The van der Waals surface area contributed by atoms with Crippen LogP contribution < -0.4 is 4.74 Å². The highest BCUT2D eigenvalue weighted by atomic mass is 32.1. The van der Waals surface area contributed by atoms with Crippen molar-refractivity contribution < 1.29 is 9.53 Å². The van der Waals surface area contributed by atoms with Crippen LogP contribution in [0.1, 0.15) is 17.7 Å². The van der Waals surface area contributed by atoms with Crippen LogP contribution in [0.4, 0.5) is 0 Å². The van der Waals surface area contributed by atoms with Crippen LogP contribution >= 0.6 is 11.3 Å². The Hall–Kier alpha value is -2.21. The minimum absolute atomic E-state index is 0.0614. The highest BCUT2D eigenvalue weighted by Crippen LogP contribution is 2.17. The van der Waals surface area contributed by atoms with E-state index in [2.05, 4.69) is 9.97 Å². The minimum atomic E-state index is 0.0614. The summed E-state index contributed by atoms with van der Waals surface area (Å²) < 4.78 is 5.77. The molecule has 2 aromatic heterocycles. The zero-order valence-electron chi connectivity index (χ0n) is 12.1. The van der Waals surface area contributed by atoms with Crippen molar-refractivity contribution in [1.82, 2.24) is 14.9 Å². The summed E-state index contributed by atoms with van der Waals surface area (Å²) in [5, 5.41) is 2.00. The number of hydrogen-bond acceptors (Lipinski definition) is 5. The second kappa shape index (κ2) is 7.17. The van der Waals surface area contributed by atoms with Gasteiger partial charge in [0.2, 0.25) is 11.8 Å². The van der Waals surface area contributed by atoms with Gasteiger partial charge in [0.25, 0.3) is 0 Å². The van der Waals surface area contributed by atoms with Gasteiger partial charge in [0, 0.05) is 49.3 Å². The summed E-state index contributed by atoms with van der Waals surface area (Å²) in [6.07, 6.45) is 10.1. The van der Waals surface area contributed by atoms with E-state index < -0.39 is 0 Å². The summed E-state index contributed by atoms with van der Waals surface area (Å²) in [5.41, 5.74) is 0. The molecule has 0 unspecified atom stereocenters. The van der Waals surface area contributed by atoms with Crippen LogP contribution in [-0.2, 0) is 4.79 Å². The van der Waals surface area contributed by atoms with Crippen LogP contribution in [0.2, 0.25) is 0 Å². The molecule has 0 aromatic carbocycles. The molecule has 0 bridgehead atoms. The second-order valence-corrected chi connectivity index (χ2v) is 6.01. The predicted octanol–water partition coefficient (Wildman–Crippen LogP) is 2.62. The molecule has 0 saturated carbocycles. The lowest BCUT2D eigenvalue weighted by Gasteiger charge is -2.31. The van der Waals surface area contributed by atoms with Gasteiger partial charge in [0.05, 0.1) is 6.20 Å². The van der Waals surface area contributed by atoms with Crippen molar-refractivity contribution in [2.45, 2.75) is 18.9 Å². The van der Waals surface area contributed by atoms with E-state index >= 15 is 0 Å². The van der Waals surface area contributed by atoms with Gasteiger partial charge in [-0.25, -0.2) is 4.98 Å². The first kappa shape index (κ1) is 14.7. The van der Waals surface area contributed by atoms with Gasteiger partial charge in [0.15, 0.2) is 0 Å². The standard InChI is InChI=1S/C16H17N3O2S/c20-16(4-3-14-2-1-11-22-14)19-9-5-13(6-10-19)21-15-12-17-7-8-18-15/h1-4,7-8,11-13H,5-6,9-10H2. The zero-order valence-corrected chi connectivity index (χ0v) is 12.9. The Balaban J connectivity index is 1.48. The van der Waals surface area contributed by atoms with E-state index in [0.717, 1.165) is 17.7 Å². The number of nitrogens with zero attached hydrogens (tertiary/aromatic N) is 3. The average molecular weight is 315 g/mol. The topological polar surface area (TPSA) is 55.3 Å². The van der Waals surface area contributed by atoms with Gasteiger partial charge in [-0.1, -0.05) is 6.07 Å². The largest absolute Gasteiger partial charge is 0.473 e. The first-order chi connectivity index (χ1) is 10.8. The van der Waals surface area contributed by atoms with Gasteiger partial charge in [-0.2, -0.15) is 0 Å². The summed E-state index contributed by atoms with van der Waals surface area (Å²) in [6, 6.07) is 3.97. The Kier molecular flexibility index (Phi) is 4.80. The first-order valence-corrected chi connectivity index (χ1v) is 8.12. The Labute approximate surface area is 133 Å². The number of piperidine rings is 1. The molecule has 3 heterocycles. The summed E-state index contributed by atoms with van der Waals surface area (Å²) in [4.78, 5) is 23.2. The van der Waals surface area contributed by atoms with Gasteiger partial charge in [-0.05, 0) is 17.5 Å². The van der Waals surface area contributed by atoms with Crippen molar-refractivity contribution in [3.63, 3.8) is 0 Å². The van der Waals surface area contributed by atoms with Crippen molar-refractivity contribution in [2.75, 3.05) is 13.1 Å². The lowest BCUT2D eigenvalue weighted by atomic mass is 10.1. The maximum Gasteiger partial charge on any atom is 0.246 e. The maximum atomic E-state index is 12.1. The highest BCUT2D eigenvalue weighted by molar-refractivity contribution is 7.10. The summed E-state index contributed by atoms with van der Waals surface area (Å²) in [6.45, 7) is 1.41. The highest BCUT2D eigenvalue weighted by Gasteiger charge is 2.23. The molecule has 1 aliphatic rings. The third kappa shape index (κ3) is 3.92. The van der Waals surface area contributed by atoms with Crippen molar-refractivity contribution >= 4 is 23.3 Å². The molecule has 0 N–H and O–H groups in total. The molecule has 1 aliphatic heterocycles. The summed E-state index contributed by atoms with van der Waals surface area (Å²) in [7, 11) is 0. The second-order valence-electron chi connectivity index (χ2n) is 5.03. The van der Waals surface area contributed by atoms with Gasteiger partial charge in [-0.3, -0.25) is 9.78 Å². The number of ether oxygens (including phenoxy) is 1. The lowest BCUT2D eigenvalue weighted by Crippen LogP contribution is -2.41. The van der Waals surface area contributed by atoms with Crippen LogP contribution in [-0.4, -0.2) is 40.0 Å². The molecule has 1 fully saturated rings. The first-order valence-electron chi connectivity index (χ1n) is 7.24. The number of carbonyl (C=O) groups excluding carboxylic acids is 1. The van der Waals surface area contributed by atoms with Crippen LogP contribution in [0.15, 0.2) is 42.2 Å². The van der Waals surface area contributed by atoms with E-state index in [4.69, 9.17) is 4.74 Å². The third-order valence-electron chi connectivity index (χ3n) is 3.51. The Morgan fingerprint density at radius 1 is 1.36 bits per heavy atom. The van der Waals surface area contributed by atoms with Crippen LogP contribution in [0.3, 0.4) is 0 Å². The molecule has 0 atom stereocenters. The summed E-state index contributed by atoms with van der Waals surface area (Å²) in [5.74, 6) is 0.608. The van der Waals surface area contributed by atoms with E-state index in [-0.39, 0.29) is 12.0 Å². The molecule has 3 rings (SSSR count). The molecule has 22 heavy (non-hydrogen) atoms. The van der Waals surface area contributed by atoms with Crippen LogP contribution in [0.25, 0.3) is 6.08 Å².